The van der Waals surface area contributed by atoms with Gasteiger partial charge >= 0.3 is 0 Å². The SMILES string of the molecule is Cc1cnn(CC(=O)N2CCCC[C@H]2c2ncc(Cc3ccc(Cl)cc3)o2)c1. The summed E-state index contributed by atoms with van der Waals surface area (Å²) in [4.78, 5) is 19.2. The molecule has 0 N–H and O–H groups in total. The average Bonchev–Trinajstić information content (AvgIpc) is 3.32. The van der Waals surface area contributed by atoms with Crippen LogP contribution in [0.25, 0.3) is 0 Å². The lowest BCUT2D eigenvalue weighted by Crippen LogP contribution is -2.40. The van der Waals surface area contributed by atoms with Crippen molar-refractivity contribution in [2.45, 2.75) is 45.2 Å². The Morgan fingerprint density at radius 3 is 2.82 bits per heavy atom. The molecular formula is C21H23ClN4O2. The van der Waals surface area contributed by atoms with E-state index in [-0.39, 0.29) is 18.5 Å². The molecule has 3 aromatic rings. The van der Waals surface area contributed by atoms with Crippen LogP contribution in [0.15, 0.2) is 47.3 Å². The third-order valence-corrected chi connectivity index (χ3v) is 5.28. The van der Waals surface area contributed by atoms with E-state index >= 15 is 0 Å². The van der Waals surface area contributed by atoms with Crippen LogP contribution in [0.2, 0.25) is 5.02 Å². The molecular weight excluding hydrogens is 376 g/mol. The fourth-order valence-electron chi connectivity index (χ4n) is 3.63. The highest BCUT2D eigenvalue weighted by Gasteiger charge is 2.31. The highest BCUT2D eigenvalue weighted by molar-refractivity contribution is 6.30. The molecule has 1 aliphatic heterocycles. The van der Waals surface area contributed by atoms with Crippen molar-refractivity contribution in [2.24, 2.45) is 0 Å². The molecule has 146 valence electrons. The Balaban J connectivity index is 1.47. The van der Waals surface area contributed by atoms with Crippen LogP contribution in [0.5, 0.6) is 0 Å². The third kappa shape index (κ3) is 4.28. The summed E-state index contributed by atoms with van der Waals surface area (Å²) in [6.07, 6.45) is 8.98. The van der Waals surface area contributed by atoms with Gasteiger partial charge < -0.3 is 9.32 Å². The number of hydrogen-bond donors (Lipinski definition) is 0. The highest BCUT2D eigenvalue weighted by Crippen LogP contribution is 2.31. The summed E-state index contributed by atoms with van der Waals surface area (Å²) in [6.45, 7) is 2.92. The van der Waals surface area contributed by atoms with E-state index in [1.165, 1.54) is 0 Å². The first-order valence-corrected chi connectivity index (χ1v) is 9.94. The minimum atomic E-state index is -0.114. The van der Waals surface area contributed by atoms with Crippen LogP contribution in [0.4, 0.5) is 0 Å². The largest absolute Gasteiger partial charge is 0.443 e. The molecule has 0 aliphatic carbocycles. The van der Waals surface area contributed by atoms with Crippen LogP contribution in [-0.4, -0.2) is 32.1 Å². The highest BCUT2D eigenvalue weighted by atomic mass is 35.5. The molecule has 28 heavy (non-hydrogen) atoms. The van der Waals surface area contributed by atoms with Crippen LogP contribution in [0.3, 0.4) is 0 Å². The maximum atomic E-state index is 12.9. The second kappa shape index (κ2) is 8.19. The first kappa shape index (κ1) is 18.7. The van der Waals surface area contributed by atoms with Gasteiger partial charge in [0, 0.05) is 24.2 Å². The van der Waals surface area contributed by atoms with Crippen molar-refractivity contribution in [3.63, 3.8) is 0 Å². The zero-order chi connectivity index (χ0) is 19.5. The van der Waals surface area contributed by atoms with E-state index < -0.39 is 0 Å². The molecule has 0 radical (unpaired) electrons. The third-order valence-electron chi connectivity index (χ3n) is 5.03. The Morgan fingerprint density at radius 1 is 1.25 bits per heavy atom. The number of halogens is 1. The van der Waals surface area contributed by atoms with Crippen LogP contribution in [0, 0.1) is 6.92 Å². The minimum Gasteiger partial charge on any atom is -0.443 e. The number of carbonyl (C=O) groups excluding carboxylic acids is 1. The number of benzene rings is 1. The molecule has 3 heterocycles. The molecule has 1 aromatic carbocycles. The second-order valence-electron chi connectivity index (χ2n) is 7.28. The van der Waals surface area contributed by atoms with Gasteiger partial charge in [0.15, 0.2) is 0 Å². The van der Waals surface area contributed by atoms with E-state index in [1.807, 2.05) is 42.3 Å². The topological polar surface area (TPSA) is 64.2 Å². The van der Waals surface area contributed by atoms with Gasteiger partial charge in [0.2, 0.25) is 11.8 Å². The van der Waals surface area contributed by atoms with Gasteiger partial charge in [0.05, 0.1) is 12.4 Å². The zero-order valence-corrected chi connectivity index (χ0v) is 16.6. The average molecular weight is 399 g/mol. The standard InChI is InChI=1S/C21H23ClN4O2/c1-15-11-24-25(13-15)14-20(27)26-9-3-2-4-19(26)21-23-12-18(28-21)10-16-5-7-17(22)8-6-16/h5-8,11-13,19H,2-4,9-10,14H2,1H3/t19-/m0/s1. The van der Waals surface area contributed by atoms with Crippen LogP contribution >= 0.6 is 11.6 Å². The van der Waals surface area contributed by atoms with Gasteiger partial charge in [-0.1, -0.05) is 23.7 Å². The van der Waals surface area contributed by atoms with Gasteiger partial charge in [-0.2, -0.15) is 5.10 Å². The Morgan fingerprint density at radius 2 is 2.07 bits per heavy atom. The number of nitrogens with zero attached hydrogens (tertiary/aromatic N) is 4. The van der Waals surface area contributed by atoms with E-state index in [4.69, 9.17) is 16.0 Å². The van der Waals surface area contributed by atoms with Gasteiger partial charge in [-0.15, -0.1) is 0 Å². The molecule has 0 bridgehead atoms. The number of aryl methyl sites for hydroxylation is 1. The number of oxazole rings is 1. The van der Waals surface area contributed by atoms with E-state index in [0.717, 1.165) is 42.7 Å². The second-order valence-corrected chi connectivity index (χ2v) is 7.72. The van der Waals surface area contributed by atoms with Crippen molar-refractivity contribution in [3.8, 4) is 0 Å². The van der Waals surface area contributed by atoms with Crippen molar-refractivity contribution in [3.05, 3.63) is 70.7 Å². The number of amides is 1. The number of likely N-dealkylation sites (tertiary alicyclic amines) is 1. The molecule has 1 fully saturated rings. The molecule has 0 spiro atoms. The molecule has 1 aliphatic rings. The maximum absolute atomic E-state index is 12.9. The molecule has 1 amide bonds. The monoisotopic (exact) mass is 398 g/mol. The predicted octanol–water partition coefficient (Wildman–Crippen LogP) is 4.18. The lowest BCUT2D eigenvalue weighted by atomic mass is 10.0. The van der Waals surface area contributed by atoms with E-state index in [2.05, 4.69) is 10.1 Å². The van der Waals surface area contributed by atoms with Crippen LogP contribution in [0.1, 0.15) is 48.1 Å². The molecule has 4 rings (SSSR count). The Hall–Kier alpha value is -2.60. The summed E-state index contributed by atoms with van der Waals surface area (Å²) < 4.78 is 7.72. The number of hydrogen-bond acceptors (Lipinski definition) is 4. The molecule has 1 atom stereocenters. The molecule has 1 saturated heterocycles. The lowest BCUT2D eigenvalue weighted by molar-refractivity contribution is -0.136. The maximum Gasteiger partial charge on any atom is 0.244 e. The van der Waals surface area contributed by atoms with Crippen molar-refractivity contribution in [1.29, 1.82) is 0 Å². The lowest BCUT2D eigenvalue weighted by Gasteiger charge is -2.33. The number of piperidine rings is 1. The number of rotatable bonds is 5. The Kier molecular flexibility index (Phi) is 5.48. The molecule has 7 heteroatoms. The Labute approximate surface area is 169 Å². The predicted molar refractivity (Wildman–Crippen MR) is 106 cm³/mol. The summed E-state index contributed by atoms with van der Waals surface area (Å²) in [5, 5.41) is 4.94. The van der Waals surface area contributed by atoms with Gasteiger partial charge in [-0.05, 0) is 49.4 Å². The molecule has 2 aromatic heterocycles. The van der Waals surface area contributed by atoms with Gasteiger partial charge in [-0.3, -0.25) is 9.48 Å². The van der Waals surface area contributed by atoms with Crippen LogP contribution in [-0.2, 0) is 17.8 Å². The minimum absolute atomic E-state index is 0.0465. The van der Waals surface area contributed by atoms with Gasteiger partial charge in [-0.25, -0.2) is 4.98 Å². The summed E-state index contributed by atoms with van der Waals surface area (Å²) in [5.41, 5.74) is 2.15. The van der Waals surface area contributed by atoms with E-state index in [9.17, 15) is 4.79 Å². The fraction of sp³-hybridized carbons (Fsp3) is 0.381. The normalized spacial score (nSPS) is 17.1. The van der Waals surface area contributed by atoms with Crippen molar-refractivity contribution in [2.75, 3.05) is 6.54 Å². The fourth-order valence-corrected chi connectivity index (χ4v) is 3.76. The first-order chi connectivity index (χ1) is 13.6. The van der Waals surface area contributed by atoms with Gasteiger partial charge in [0.25, 0.3) is 0 Å². The molecule has 0 unspecified atom stereocenters. The van der Waals surface area contributed by atoms with E-state index in [0.29, 0.717) is 17.3 Å². The Bertz CT molecular complexity index is 947. The summed E-state index contributed by atoms with van der Waals surface area (Å²) >= 11 is 5.95. The van der Waals surface area contributed by atoms with Crippen molar-refractivity contribution < 1.29 is 9.21 Å². The van der Waals surface area contributed by atoms with Crippen molar-refractivity contribution >= 4 is 17.5 Å². The first-order valence-electron chi connectivity index (χ1n) is 9.56. The smallest absolute Gasteiger partial charge is 0.244 e. The van der Waals surface area contributed by atoms with E-state index in [1.54, 1.807) is 17.1 Å². The van der Waals surface area contributed by atoms with Gasteiger partial charge in [0.1, 0.15) is 18.3 Å². The molecule has 6 nitrogen and oxygen atoms in total. The summed E-state index contributed by atoms with van der Waals surface area (Å²) in [7, 11) is 0. The summed E-state index contributed by atoms with van der Waals surface area (Å²) in [5.74, 6) is 1.46. The quantitative estimate of drug-likeness (QED) is 0.646. The number of carbonyl (C=O) groups is 1. The molecule has 0 saturated carbocycles. The van der Waals surface area contributed by atoms with Crippen LogP contribution < -0.4 is 0 Å². The zero-order valence-electron chi connectivity index (χ0n) is 15.8. The van der Waals surface area contributed by atoms with Crippen molar-refractivity contribution in [1.82, 2.24) is 19.7 Å². The number of aromatic nitrogens is 3. The summed E-state index contributed by atoms with van der Waals surface area (Å²) in [6, 6.07) is 7.58.